The summed E-state index contributed by atoms with van der Waals surface area (Å²) in [5.74, 6) is -0.0808. The van der Waals surface area contributed by atoms with Crippen LogP contribution in [0.4, 0.5) is 13.2 Å². The van der Waals surface area contributed by atoms with Crippen LogP contribution in [0.15, 0.2) is 18.2 Å². The topological polar surface area (TPSA) is 35.2 Å². The minimum Gasteiger partial charge on any atom is -0.493 e. The molecule has 0 bridgehead atoms. The zero-order chi connectivity index (χ0) is 11.8. The molecular formula is C11H12F3NO. The van der Waals surface area contributed by atoms with Crippen molar-refractivity contribution in [2.75, 3.05) is 13.2 Å². The number of fused-ring (bicyclic) bond motifs is 1. The number of benzene rings is 1. The molecule has 0 saturated heterocycles. The van der Waals surface area contributed by atoms with Crippen molar-refractivity contribution in [2.45, 2.75) is 18.5 Å². The molecule has 1 aromatic carbocycles. The summed E-state index contributed by atoms with van der Waals surface area (Å²) in [7, 11) is 0. The Bertz CT molecular complexity index is 389. The first-order chi connectivity index (χ1) is 7.54. The van der Waals surface area contributed by atoms with Gasteiger partial charge in [0.25, 0.3) is 0 Å². The Hall–Kier alpha value is -1.23. The summed E-state index contributed by atoms with van der Waals surface area (Å²) in [5, 5.41) is 0. The lowest BCUT2D eigenvalue weighted by molar-refractivity contribution is -0.139. The molecular weight excluding hydrogens is 219 g/mol. The van der Waals surface area contributed by atoms with Crippen molar-refractivity contribution in [1.29, 1.82) is 0 Å². The number of alkyl halides is 3. The Morgan fingerprint density at radius 1 is 1.38 bits per heavy atom. The molecule has 0 fully saturated rings. The first kappa shape index (κ1) is 11.3. The van der Waals surface area contributed by atoms with Crippen molar-refractivity contribution in [3.63, 3.8) is 0 Å². The van der Waals surface area contributed by atoms with Gasteiger partial charge in [0.15, 0.2) is 0 Å². The Kier molecular flexibility index (Phi) is 2.80. The van der Waals surface area contributed by atoms with Crippen LogP contribution in [0.3, 0.4) is 0 Å². The Labute approximate surface area is 91.2 Å². The number of ether oxygens (including phenoxy) is 1. The first-order valence-corrected chi connectivity index (χ1v) is 5.07. The lowest BCUT2D eigenvalue weighted by Gasteiger charge is -2.27. The van der Waals surface area contributed by atoms with E-state index in [1.807, 2.05) is 0 Å². The van der Waals surface area contributed by atoms with E-state index in [1.54, 1.807) is 6.07 Å². The molecule has 0 radical (unpaired) electrons. The summed E-state index contributed by atoms with van der Waals surface area (Å²) in [6, 6.07) is 4.10. The van der Waals surface area contributed by atoms with Gasteiger partial charge in [-0.15, -0.1) is 0 Å². The summed E-state index contributed by atoms with van der Waals surface area (Å²) >= 11 is 0. The van der Waals surface area contributed by atoms with Gasteiger partial charge >= 0.3 is 6.18 Å². The number of para-hydroxylation sites is 1. The van der Waals surface area contributed by atoms with Crippen molar-refractivity contribution >= 4 is 0 Å². The molecule has 2 N–H and O–H groups in total. The molecule has 1 aliphatic heterocycles. The fourth-order valence-electron chi connectivity index (χ4n) is 1.96. The van der Waals surface area contributed by atoms with Crippen LogP contribution in [0.1, 0.15) is 23.5 Å². The Morgan fingerprint density at radius 2 is 2.12 bits per heavy atom. The molecule has 5 heteroatoms. The van der Waals surface area contributed by atoms with Gasteiger partial charge in [0.05, 0.1) is 12.2 Å². The molecule has 2 nitrogen and oxygen atoms in total. The number of halogens is 3. The second-order valence-corrected chi connectivity index (χ2v) is 3.79. The van der Waals surface area contributed by atoms with Crippen LogP contribution in [-0.4, -0.2) is 13.2 Å². The van der Waals surface area contributed by atoms with Crippen LogP contribution >= 0.6 is 0 Å². The molecule has 1 aromatic rings. The minimum atomic E-state index is -4.37. The summed E-state index contributed by atoms with van der Waals surface area (Å²) in [6.45, 7) is 0.639. The summed E-state index contributed by atoms with van der Waals surface area (Å²) in [6.07, 6.45) is -3.70. The third-order valence-corrected chi connectivity index (χ3v) is 2.79. The summed E-state index contributed by atoms with van der Waals surface area (Å²) in [5.41, 5.74) is 5.41. The predicted octanol–water partition coefficient (Wildman–Crippen LogP) is 2.53. The quantitative estimate of drug-likeness (QED) is 0.806. The van der Waals surface area contributed by atoms with Gasteiger partial charge in [-0.05, 0) is 24.6 Å². The maximum atomic E-state index is 12.7. The molecule has 2 rings (SSSR count). The van der Waals surface area contributed by atoms with E-state index in [9.17, 15) is 13.2 Å². The molecule has 1 aliphatic rings. The standard InChI is InChI=1S/C11H12F3NO/c12-11(13,14)9-3-1-2-8-7(6-15)4-5-16-10(8)9/h1-3,7H,4-6,15H2. The van der Waals surface area contributed by atoms with Gasteiger partial charge in [-0.1, -0.05) is 12.1 Å². The summed E-state index contributed by atoms with van der Waals surface area (Å²) in [4.78, 5) is 0. The maximum Gasteiger partial charge on any atom is 0.419 e. The fourth-order valence-corrected chi connectivity index (χ4v) is 1.96. The third-order valence-electron chi connectivity index (χ3n) is 2.79. The Morgan fingerprint density at radius 3 is 2.75 bits per heavy atom. The van der Waals surface area contributed by atoms with E-state index in [1.165, 1.54) is 6.07 Å². The molecule has 16 heavy (non-hydrogen) atoms. The number of nitrogens with two attached hydrogens (primary N) is 1. The molecule has 1 atom stereocenters. The molecule has 1 unspecified atom stereocenters. The average molecular weight is 231 g/mol. The highest BCUT2D eigenvalue weighted by Crippen LogP contribution is 2.42. The zero-order valence-corrected chi connectivity index (χ0v) is 8.55. The van der Waals surface area contributed by atoms with E-state index >= 15 is 0 Å². The highest BCUT2D eigenvalue weighted by Gasteiger charge is 2.37. The van der Waals surface area contributed by atoms with Crippen LogP contribution in [0.5, 0.6) is 5.75 Å². The zero-order valence-electron chi connectivity index (χ0n) is 8.55. The van der Waals surface area contributed by atoms with Gasteiger partial charge in [0.2, 0.25) is 0 Å². The van der Waals surface area contributed by atoms with E-state index in [4.69, 9.17) is 10.5 Å². The van der Waals surface area contributed by atoms with Crippen molar-refractivity contribution in [3.8, 4) is 5.75 Å². The normalized spacial score (nSPS) is 20.1. The SMILES string of the molecule is NCC1CCOc2c1cccc2C(F)(F)F. The lowest BCUT2D eigenvalue weighted by Crippen LogP contribution is -2.23. The van der Waals surface area contributed by atoms with Gasteiger partial charge in [0.1, 0.15) is 5.75 Å². The molecule has 88 valence electrons. The van der Waals surface area contributed by atoms with E-state index < -0.39 is 11.7 Å². The van der Waals surface area contributed by atoms with Crippen LogP contribution < -0.4 is 10.5 Å². The van der Waals surface area contributed by atoms with E-state index in [0.717, 1.165) is 6.07 Å². The van der Waals surface area contributed by atoms with Gasteiger partial charge in [-0.25, -0.2) is 0 Å². The lowest BCUT2D eigenvalue weighted by atomic mass is 9.91. The molecule has 0 aromatic heterocycles. The van der Waals surface area contributed by atoms with Crippen molar-refractivity contribution < 1.29 is 17.9 Å². The molecule has 0 spiro atoms. The molecule has 0 amide bonds. The molecule has 0 aliphatic carbocycles. The first-order valence-electron chi connectivity index (χ1n) is 5.07. The second kappa shape index (κ2) is 3.97. The van der Waals surface area contributed by atoms with Crippen molar-refractivity contribution in [1.82, 2.24) is 0 Å². The van der Waals surface area contributed by atoms with Crippen LogP contribution in [0, 0.1) is 0 Å². The highest BCUT2D eigenvalue weighted by molar-refractivity contribution is 5.46. The van der Waals surface area contributed by atoms with Crippen molar-refractivity contribution in [2.24, 2.45) is 5.73 Å². The van der Waals surface area contributed by atoms with Crippen LogP contribution in [-0.2, 0) is 6.18 Å². The minimum absolute atomic E-state index is 0.0361. The van der Waals surface area contributed by atoms with Crippen LogP contribution in [0.25, 0.3) is 0 Å². The van der Waals surface area contributed by atoms with Gasteiger partial charge in [-0.3, -0.25) is 0 Å². The van der Waals surface area contributed by atoms with Gasteiger partial charge in [-0.2, -0.15) is 13.2 Å². The second-order valence-electron chi connectivity index (χ2n) is 3.79. The van der Waals surface area contributed by atoms with E-state index in [2.05, 4.69) is 0 Å². The Balaban J connectivity index is 2.51. The predicted molar refractivity (Wildman–Crippen MR) is 53.4 cm³/mol. The van der Waals surface area contributed by atoms with Gasteiger partial charge < -0.3 is 10.5 Å². The smallest absolute Gasteiger partial charge is 0.419 e. The maximum absolute atomic E-state index is 12.7. The number of hydrogen-bond donors (Lipinski definition) is 1. The summed E-state index contributed by atoms with van der Waals surface area (Å²) < 4.78 is 43.2. The van der Waals surface area contributed by atoms with Crippen molar-refractivity contribution in [3.05, 3.63) is 29.3 Å². The van der Waals surface area contributed by atoms with Crippen LogP contribution in [0.2, 0.25) is 0 Å². The fraction of sp³-hybridized carbons (Fsp3) is 0.455. The monoisotopic (exact) mass is 231 g/mol. The number of rotatable bonds is 1. The average Bonchev–Trinajstić information content (AvgIpc) is 2.26. The highest BCUT2D eigenvalue weighted by atomic mass is 19.4. The molecule has 0 saturated carbocycles. The third kappa shape index (κ3) is 1.87. The van der Waals surface area contributed by atoms with Gasteiger partial charge in [0, 0.05) is 5.92 Å². The largest absolute Gasteiger partial charge is 0.493 e. The van der Waals surface area contributed by atoms with E-state index in [0.29, 0.717) is 25.1 Å². The van der Waals surface area contributed by atoms with E-state index in [-0.39, 0.29) is 11.7 Å². The number of hydrogen-bond acceptors (Lipinski definition) is 2. The molecule has 1 heterocycles.